The standard InChI is InChI=1S/C19H25N5O3S/c1-15(25)28-19(2,3)18(26)20-17-14-24(21-27-17)23-11-9-22(10-12-23)13-16-7-5-4-6-8-16/h4-8,14H,9-13H2,1-3H3. The molecule has 1 aromatic carbocycles. The van der Waals surface area contributed by atoms with E-state index in [0.717, 1.165) is 44.5 Å². The Kier molecular flexibility index (Phi) is 6.35. The first kappa shape index (κ1) is 20.3. The van der Waals surface area contributed by atoms with Crippen LogP contribution in [0.25, 0.3) is 5.32 Å². The molecular weight excluding hydrogens is 378 g/mol. The SMILES string of the molecule is CC(=O)SC(C)(C)C(=O)[N-]c1c[n+](N2CCN(Cc3ccccc3)CC2)no1. The summed E-state index contributed by atoms with van der Waals surface area (Å²) in [6, 6.07) is 10.4. The Hall–Kier alpha value is -2.39. The molecule has 0 aliphatic carbocycles. The van der Waals surface area contributed by atoms with Gasteiger partial charge in [0, 0.05) is 26.6 Å². The van der Waals surface area contributed by atoms with Crippen LogP contribution in [-0.2, 0) is 16.1 Å². The number of aromatic nitrogens is 2. The highest BCUT2D eigenvalue weighted by Crippen LogP contribution is 2.31. The topological polar surface area (TPSA) is 84.6 Å². The third-order valence-corrected chi connectivity index (χ3v) is 5.43. The van der Waals surface area contributed by atoms with E-state index in [9.17, 15) is 9.59 Å². The zero-order chi connectivity index (χ0) is 20.1. The molecule has 1 aromatic heterocycles. The lowest BCUT2D eigenvalue weighted by Gasteiger charge is -2.30. The molecule has 0 bridgehead atoms. The largest absolute Gasteiger partial charge is 0.587 e. The Morgan fingerprint density at radius 1 is 1.21 bits per heavy atom. The van der Waals surface area contributed by atoms with Crippen molar-refractivity contribution in [1.82, 2.24) is 10.2 Å². The lowest BCUT2D eigenvalue weighted by molar-refractivity contribution is -0.759. The van der Waals surface area contributed by atoms with Crippen molar-refractivity contribution in [3.63, 3.8) is 0 Å². The van der Waals surface area contributed by atoms with Crippen LogP contribution in [-0.4, -0.2) is 52.1 Å². The van der Waals surface area contributed by atoms with Crippen molar-refractivity contribution < 1.29 is 18.9 Å². The fourth-order valence-electron chi connectivity index (χ4n) is 2.99. The van der Waals surface area contributed by atoms with Crippen molar-refractivity contribution in [3.05, 3.63) is 47.4 Å². The molecule has 1 fully saturated rings. The van der Waals surface area contributed by atoms with Crippen molar-refractivity contribution >= 4 is 28.7 Å². The van der Waals surface area contributed by atoms with E-state index in [1.807, 2.05) is 11.1 Å². The second-order valence-corrected chi connectivity index (χ2v) is 9.00. The molecular formula is C19H25N5O3S. The molecule has 28 heavy (non-hydrogen) atoms. The summed E-state index contributed by atoms with van der Waals surface area (Å²) in [7, 11) is 0. The number of carbonyl (C=O) groups is 2. The minimum atomic E-state index is -0.938. The van der Waals surface area contributed by atoms with E-state index in [1.165, 1.54) is 12.5 Å². The highest BCUT2D eigenvalue weighted by molar-refractivity contribution is 8.15. The van der Waals surface area contributed by atoms with Crippen molar-refractivity contribution in [2.45, 2.75) is 32.1 Å². The molecule has 0 spiro atoms. The third kappa shape index (κ3) is 5.32. The van der Waals surface area contributed by atoms with Gasteiger partial charge in [-0.15, -0.1) is 0 Å². The molecule has 1 saturated heterocycles. The van der Waals surface area contributed by atoms with Gasteiger partial charge in [-0.2, -0.15) is 5.01 Å². The van der Waals surface area contributed by atoms with Crippen LogP contribution in [0.1, 0.15) is 26.3 Å². The zero-order valence-electron chi connectivity index (χ0n) is 16.4. The molecule has 0 N–H and O–H groups in total. The molecule has 9 heteroatoms. The lowest BCUT2D eigenvalue weighted by atomic mass is 10.2. The van der Waals surface area contributed by atoms with Crippen molar-refractivity contribution in [3.8, 4) is 0 Å². The molecule has 150 valence electrons. The van der Waals surface area contributed by atoms with E-state index in [0.29, 0.717) is 0 Å². The maximum atomic E-state index is 12.3. The zero-order valence-corrected chi connectivity index (χ0v) is 17.2. The quantitative estimate of drug-likeness (QED) is 0.682. The van der Waals surface area contributed by atoms with Gasteiger partial charge in [-0.25, -0.2) is 0 Å². The van der Waals surface area contributed by atoms with E-state index in [-0.39, 0.29) is 11.0 Å². The molecule has 3 rings (SSSR count). The van der Waals surface area contributed by atoms with Gasteiger partial charge in [-0.3, -0.25) is 9.69 Å². The molecule has 8 nitrogen and oxygen atoms in total. The number of hydrogen-bond acceptors (Lipinski definition) is 7. The maximum Gasteiger partial charge on any atom is 0.257 e. The third-order valence-electron chi connectivity index (χ3n) is 4.46. The second kappa shape index (κ2) is 8.74. The minimum absolute atomic E-state index is 0.130. The van der Waals surface area contributed by atoms with Crippen LogP contribution in [0.2, 0.25) is 0 Å². The lowest BCUT2D eigenvalue weighted by Crippen LogP contribution is -2.65. The van der Waals surface area contributed by atoms with Crippen molar-refractivity contribution in [2.24, 2.45) is 0 Å². The van der Waals surface area contributed by atoms with Gasteiger partial charge in [0.05, 0.1) is 28.5 Å². The molecule has 1 aliphatic heterocycles. The number of nitrogens with zero attached hydrogens (tertiary/aromatic N) is 5. The van der Waals surface area contributed by atoms with Gasteiger partial charge < -0.3 is 14.6 Å². The summed E-state index contributed by atoms with van der Waals surface area (Å²) in [5.74, 6) is -0.294. The van der Waals surface area contributed by atoms with Gasteiger partial charge in [0.25, 0.3) is 6.20 Å². The van der Waals surface area contributed by atoms with Gasteiger partial charge in [-0.1, -0.05) is 42.1 Å². The molecule has 0 unspecified atom stereocenters. The first-order valence-corrected chi connectivity index (χ1v) is 10.0. The summed E-state index contributed by atoms with van der Waals surface area (Å²) in [4.78, 5) is 27.6. The van der Waals surface area contributed by atoms with E-state index < -0.39 is 10.7 Å². The highest BCUT2D eigenvalue weighted by Gasteiger charge is 2.27. The van der Waals surface area contributed by atoms with Gasteiger partial charge in [-0.05, 0) is 19.4 Å². The van der Waals surface area contributed by atoms with Crippen molar-refractivity contribution in [1.29, 1.82) is 0 Å². The van der Waals surface area contributed by atoms with Crippen LogP contribution >= 0.6 is 11.8 Å². The van der Waals surface area contributed by atoms with Crippen LogP contribution in [0.5, 0.6) is 0 Å². The van der Waals surface area contributed by atoms with Crippen LogP contribution in [0.15, 0.2) is 41.1 Å². The molecule has 1 aliphatic rings. The van der Waals surface area contributed by atoms with E-state index >= 15 is 0 Å². The summed E-state index contributed by atoms with van der Waals surface area (Å²) in [6.45, 7) is 9.09. The number of rotatable bonds is 6. The Bertz CT molecular complexity index is 816. The molecule has 0 atom stereocenters. The Morgan fingerprint density at radius 3 is 2.54 bits per heavy atom. The van der Waals surface area contributed by atoms with Gasteiger partial charge in [0.15, 0.2) is 5.12 Å². The second-order valence-electron chi connectivity index (χ2n) is 7.20. The predicted molar refractivity (Wildman–Crippen MR) is 107 cm³/mol. The number of hydrogen-bond donors (Lipinski definition) is 0. The van der Waals surface area contributed by atoms with Gasteiger partial charge >= 0.3 is 0 Å². The van der Waals surface area contributed by atoms with Crippen LogP contribution in [0.3, 0.4) is 0 Å². The normalized spacial score (nSPS) is 15.5. The smallest absolute Gasteiger partial charge is 0.257 e. The van der Waals surface area contributed by atoms with Crippen molar-refractivity contribution in [2.75, 3.05) is 31.2 Å². The Labute approximate surface area is 168 Å². The fraction of sp³-hybridized carbons (Fsp3) is 0.474. The summed E-state index contributed by atoms with van der Waals surface area (Å²) in [5.41, 5.74) is 1.30. The molecule has 1 amide bonds. The molecule has 0 radical (unpaired) electrons. The number of carbonyl (C=O) groups excluding carboxylic acids is 2. The number of amides is 1. The van der Waals surface area contributed by atoms with E-state index in [2.05, 4.69) is 39.8 Å². The monoisotopic (exact) mass is 403 g/mol. The Morgan fingerprint density at radius 2 is 1.89 bits per heavy atom. The van der Waals surface area contributed by atoms with Crippen LogP contribution in [0, 0.1) is 0 Å². The predicted octanol–water partition coefficient (Wildman–Crippen LogP) is 2.01. The highest BCUT2D eigenvalue weighted by atomic mass is 32.2. The van der Waals surface area contributed by atoms with Crippen LogP contribution < -0.4 is 9.80 Å². The number of piperazine rings is 1. The summed E-state index contributed by atoms with van der Waals surface area (Å²) < 4.78 is 4.25. The van der Waals surface area contributed by atoms with Crippen LogP contribution in [0.4, 0.5) is 5.88 Å². The molecule has 0 saturated carbocycles. The number of benzene rings is 1. The Balaban J connectivity index is 1.52. The minimum Gasteiger partial charge on any atom is -0.587 e. The van der Waals surface area contributed by atoms with E-state index in [1.54, 1.807) is 24.8 Å². The average Bonchev–Trinajstić information content (AvgIpc) is 3.10. The van der Waals surface area contributed by atoms with Gasteiger partial charge in [0.2, 0.25) is 5.27 Å². The summed E-state index contributed by atoms with van der Waals surface area (Å²) in [5, 5.41) is 9.86. The molecule has 2 aromatic rings. The summed E-state index contributed by atoms with van der Waals surface area (Å²) in [6.07, 6.45) is 1.60. The van der Waals surface area contributed by atoms with Gasteiger partial charge in [0.1, 0.15) is 5.88 Å². The molecule has 2 heterocycles. The fourth-order valence-corrected chi connectivity index (χ4v) is 3.84. The van der Waals surface area contributed by atoms with E-state index in [4.69, 9.17) is 4.52 Å². The maximum absolute atomic E-state index is 12.3. The first-order valence-electron chi connectivity index (χ1n) is 9.19. The average molecular weight is 404 g/mol. The number of thioether (sulfide) groups is 1. The summed E-state index contributed by atoms with van der Waals surface area (Å²) >= 11 is 0.953. The first-order chi connectivity index (χ1) is 13.3.